The molecule has 1 heterocycles. The lowest BCUT2D eigenvalue weighted by atomic mass is 9.95. The molecular weight excluding hydrogens is 536 g/mol. The molecule has 5 nitrogen and oxygen atoms in total. The van der Waals surface area contributed by atoms with Crippen molar-refractivity contribution in [2.45, 2.75) is 33.0 Å². The number of aromatic nitrogens is 3. The molecule has 3 aromatic carbocycles. The van der Waals surface area contributed by atoms with E-state index in [0.717, 1.165) is 28.8 Å². The van der Waals surface area contributed by atoms with Crippen LogP contribution in [0.4, 0.5) is 13.2 Å². The smallest absolute Gasteiger partial charge is 0.277 e. The summed E-state index contributed by atoms with van der Waals surface area (Å²) < 4.78 is 40.7. The molecule has 0 saturated carbocycles. The SMILES string of the molecule is CCc1nnc(/C(=C(\C)c2ccc(Cl)cc2)c2ccc(Cl)cc2)n1N(C=O)Cc1ccc(C(F)(F)F)cc1. The predicted octanol–water partition coefficient (Wildman–Crippen LogP) is 7.44. The molecule has 1 aromatic heterocycles. The van der Waals surface area contributed by atoms with E-state index < -0.39 is 11.7 Å². The molecule has 1 amide bonds. The molecular formula is C28H23Cl2F3N4O. The standard InChI is InChI=1S/C28H23Cl2F3N4O/c1-3-25-34-35-27(37(25)36(17-38)16-19-4-10-22(11-5-19)28(31,32)33)26(21-8-14-24(30)15-9-21)18(2)20-6-12-23(29)13-7-20/h4-15,17H,3,16H2,1-2H3/b26-18+. The summed E-state index contributed by atoms with van der Waals surface area (Å²) >= 11 is 12.2. The fourth-order valence-corrected chi connectivity index (χ4v) is 4.33. The predicted molar refractivity (Wildman–Crippen MR) is 143 cm³/mol. The highest BCUT2D eigenvalue weighted by atomic mass is 35.5. The summed E-state index contributed by atoms with van der Waals surface area (Å²) in [6.07, 6.45) is -3.38. The second-order valence-electron chi connectivity index (χ2n) is 8.52. The van der Waals surface area contributed by atoms with E-state index in [1.54, 1.807) is 28.9 Å². The van der Waals surface area contributed by atoms with Crippen LogP contribution in [-0.2, 0) is 23.9 Å². The quantitative estimate of drug-likeness (QED) is 0.167. The van der Waals surface area contributed by atoms with Crippen LogP contribution >= 0.6 is 23.2 Å². The lowest BCUT2D eigenvalue weighted by Gasteiger charge is -2.24. The van der Waals surface area contributed by atoms with Gasteiger partial charge < -0.3 is 0 Å². The van der Waals surface area contributed by atoms with Crippen LogP contribution in [0.25, 0.3) is 11.1 Å². The minimum atomic E-state index is -4.45. The van der Waals surface area contributed by atoms with Crippen molar-refractivity contribution in [3.8, 4) is 0 Å². The molecule has 0 saturated heterocycles. The van der Waals surface area contributed by atoms with E-state index in [4.69, 9.17) is 23.2 Å². The molecule has 0 aliphatic rings. The van der Waals surface area contributed by atoms with E-state index in [9.17, 15) is 18.0 Å². The van der Waals surface area contributed by atoms with Gasteiger partial charge in [0.2, 0.25) is 6.41 Å². The second kappa shape index (κ2) is 11.4. The fraction of sp³-hybridized carbons (Fsp3) is 0.179. The highest BCUT2D eigenvalue weighted by molar-refractivity contribution is 6.31. The van der Waals surface area contributed by atoms with E-state index in [2.05, 4.69) is 10.2 Å². The summed E-state index contributed by atoms with van der Waals surface area (Å²) in [6.45, 7) is 3.82. The zero-order valence-corrected chi connectivity index (χ0v) is 22.0. The molecule has 0 unspecified atom stereocenters. The Balaban J connectivity index is 1.86. The number of halogens is 5. The zero-order valence-electron chi connectivity index (χ0n) is 20.5. The van der Waals surface area contributed by atoms with Crippen molar-refractivity contribution in [2.24, 2.45) is 0 Å². The Hall–Kier alpha value is -3.62. The number of aryl methyl sites for hydroxylation is 1. The van der Waals surface area contributed by atoms with Crippen molar-refractivity contribution in [1.29, 1.82) is 0 Å². The van der Waals surface area contributed by atoms with Crippen LogP contribution in [0.15, 0.2) is 72.8 Å². The number of alkyl halides is 3. The lowest BCUT2D eigenvalue weighted by molar-refractivity contribution is -0.137. The van der Waals surface area contributed by atoms with Gasteiger partial charge >= 0.3 is 6.18 Å². The van der Waals surface area contributed by atoms with Crippen LogP contribution in [0.3, 0.4) is 0 Å². The van der Waals surface area contributed by atoms with Gasteiger partial charge in [-0.25, -0.2) is 9.69 Å². The van der Waals surface area contributed by atoms with Crippen LogP contribution < -0.4 is 5.01 Å². The highest BCUT2D eigenvalue weighted by Gasteiger charge is 2.30. The van der Waals surface area contributed by atoms with E-state index in [1.165, 1.54) is 17.1 Å². The number of amides is 1. The Bertz CT molecular complexity index is 1450. The van der Waals surface area contributed by atoms with E-state index >= 15 is 0 Å². The second-order valence-corrected chi connectivity index (χ2v) is 9.39. The Morgan fingerprint density at radius 1 is 0.895 bits per heavy atom. The van der Waals surface area contributed by atoms with E-state index in [-0.39, 0.29) is 6.54 Å². The van der Waals surface area contributed by atoms with Crippen LogP contribution in [0.5, 0.6) is 0 Å². The van der Waals surface area contributed by atoms with Gasteiger partial charge in [-0.05, 0) is 65.6 Å². The molecule has 4 rings (SSSR count). The van der Waals surface area contributed by atoms with Gasteiger partial charge in [0.15, 0.2) is 11.6 Å². The third-order valence-corrected chi connectivity index (χ3v) is 6.54. The number of allylic oxidation sites excluding steroid dienone is 1. The molecule has 10 heteroatoms. The van der Waals surface area contributed by atoms with Gasteiger partial charge in [0.05, 0.1) is 12.1 Å². The van der Waals surface area contributed by atoms with Crippen molar-refractivity contribution >= 4 is 40.8 Å². The topological polar surface area (TPSA) is 51.0 Å². The Morgan fingerprint density at radius 3 is 1.95 bits per heavy atom. The number of benzene rings is 3. The first kappa shape index (κ1) is 27.4. The Morgan fingerprint density at radius 2 is 1.45 bits per heavy atom. The van der Waals surface area contributed by atoms with E-state index in [1.807, 2.05) is 38.1 Å². The largest absolute Gasteiger partial charge is 0.416 e. The van der Waals surface area contributed by atoms with Gasteiger partial charge in [0.25, 0.3) is 0 Å². The van der Waals surface area contributed by atoms with Gasteiger partial charge in [0, 0.05) is 22.0 Å². The van der Waals surface area contributed by atoms with Gasteiger partial charge in [0.1, 0.15) is 0 Å². The maximum absolute atomic E-state index is 13.0. The first-order valence-corrected chi connectivity index (χ1v) is 12.4. The molecule has 0 aliphatic heterocycles. The molecule has 196 valence electrons. The summed E-state index contributed by atoms with van der Waals surface area (Å²) in [5.74, 6) is 0.907. The maximum atomic E-state index is 13.0. The number of hydrogen-bond donors (Lipinski definition) is 0. The molecule has 4 aromatic rings. The van der Waals surface area contributed by atoms with Crippen molar-refractivity contribution in [2.75, 3.05) is 5.01 Å². The number of rotatable bonds is 8. The number of nitrogens with zero attached hydrogens (tertiary/aromatic N) is 4. The Kier molecular flexibility index (Phi) is 8.23. The zero-order chi connectivity index (χ0) is 27.4. The average Bonchev–Trinajstić information content (AvgIpc) is 3.32. The van der Waals surface area contributed by atoms with Crippen molar-refractivity contribution in [3.63, 3.8) is 0 Å². The van der Waals surface area contributed by atoms with Crippen LogP contribution in [0, 0.1) is 0 Å². The van der Waals surface area contributed by atoms with Crippen molar-refractivity contribution in [1.82, 2.24) is 14.9 Å². The molecule has 0 fully saturated rings. The number of hydrogen-bond acceptors (Lipinski definition) is 3. The summed E-state index contributed by atoms with van der Waals surface area (Å²) in [5, 5.41) is 11.3. The average molecular weight is 559 g/mol. The third-order valence-electron chi connectivity index (χ3n) is 6.03. The summed E-state index contributed by atoms with van der Waals surface area (Å²) in [7, 11) is 0. The monoisotopic (exact) mass is 558 g/mol. The van der Waals surface area contributed by atoms with Crippen molar-refractivity contribution in [3.05, 3.63) is 117 Å². The third kappa shape index (κ3) is 5.92. The summed E-state index contributed by atoms with van der Waals surface area (Å²) in [6, 6.07) is 19.2. The summed E-state index contributed by atoms with van der Waals surface area (Å²) in [4.78, 5) is 12.4. The Labute approximate surface area is 228 Å². The van der Waals surface area contributed by atoms with Gasteiger partial charge in [-0.15, -0.1) is 10.2 Å². The van der Waals surface area contributed by atoms with Gasteiger partial charge in [-0.3, -0.25) is 4.79 Å². The molecule has 0 aliphatic carbocycles. The molecule has 0 spiro atoms. The van der Waals surface area contributed by atoms with Crippen LogP contribution in [0.1, 0.15) is 47.8 Å². The molecule has 0 radical (unpaired) electrons. The molecule has 0 N–H and O–H groups in total. The lowest BCUT2D eigenvalue weighted by Crippen LogP contribution is -2.35. The maximum Gasteiger partial charge on any atom is 0.416 e. The first-order chi connectivity index (χ1) is 18.1. The summed E-state index contributed by atoms with van der Waals surface area (Å²) in [5.41, 5.74) is 2.98. The minimum Gasteiger partial charge on any atom is -0.277 e. The molecule has 0 bridgehead atoms. The van der Waals surface area contributed by atoms with Gasteiger partial charge in [-0.2, -0.15) is 13.2 Å². The van der Waals surface area contributed by atoms with Crippen LogP contribution in [-0.4, -0.2) is 21.3 Å². The molecule has 38 heavy (non-hydrogen) atoms. The molecule has 0 atom stereocenters. The van der Waals surface area contributed by atoms with Crippen LogP contribution in [0.2, 0.25) is 10.0 Å². The number of carbonyl (C=O) groups is 1. The minimum absolute atomic E-state index is 0.00751. The van der Waals surface area contributed by atoms with E-state index in [0.29, 0.717) is 45.7 Å². The van der Waals surface area contributed by atoms with Gasteiger partial charge in [-0.1, -0.05) is 66.5 Å². The normalized spacial score (nSPS) is 12.3. The first-order valence-electron chi connectivity index (χ1n) is 11.7. The fourth-order valence-electron chi connectivity index (χ4n) is 4.07. The number of carbonyl (C=O) groups excluding carboxylic acids is 1. The highest BCUT2D eigenvalue weighted by Crippen LogP contribution is 2.33. The van der Waals surface area contributed by atoms with Crippen molar-refractivity contribution < 1.29 is 18.0 Å².